The minimum atomic E-state index is 0.0773. The number of fused-ring (bicyclic) bond motifs is 5. The highest BCUT2D eigenvalue weighted by Crippen LogP contribution is 2.67. The van der Waals surface area contributed by atoms with Crippen molar-refractivity contribution in [3.05, 3.63) is 0 Å². The minimum Gasteiger partial charge on any atom is -0.396 e. The summed E-state index contributed by atoms with van der Waals surface area (Å²) in [4.78, 5) is 12.2. The molecule has 3 heteroatoms. The van der Waals surface area contributed by atoms with E-state index < -0.39 is 0 Å². The first kappa shape index (κ1) is 22.6. The van der Waals surface area contributed by atoms with Crippen LogP contribution < -0.4 is 5.32 Å². The van der Waals surface area contributed by atoms with Gasteiger partial charge in [0, 0.05) is 19.1 Å². The first-order chi connectivity index (χ1) is 14.2. The average Bonchev–Trinajstić information content (AvgIpc) is 3.05. The van der Waals surface area contributed by atoms with Crippen molar-refractivity contribution in [2.75, 3.05) is 6.61 Å². The standard InChI is InChI=1S/C27H47NO2/c1-17(2)7-6-8-18(3)21-10-11-22-20-9-12-24-27(5,19(16-29)15-25(30)28-24)23(20)13-14-26(21,22)4/h17-24,29H,6-16H2,1-5H3,(H,28,30)/t18-,19?,20+,21-,22+,23+,24-,26-,27-/m1/s1. The molecule has 172 valence electrons. The van der Waals surface area contributed by atoms with Crippen molar-refractivity contribution in [1.82, 2.24) is 5.32 Å². The molecular formula is C27H47NO2. The van der Waals surface area contributed by atoms with Gasteiger partial charge in [0.15, 0.2) is 0 Å². The maximum Gasteiger partial charge on any atom is 0.220 e. The predicted octanol–water partition coefficient (Wildman–Crippen LogP) is 5.80. The summed E-state index contributed by atoms with van der Waals surface area (Å²) in [7, 11) is 0. The molecule has 0 aromatic rings. The molecule has 1 unspecified atom stereocenters. The van der Waals surface area contributed by atoms with Crippen LogP contribution in [0, 0.1) is 52.3 Å². The van der Waals surface area contributed by atoms with E-state index in [1.165, 1.54) is 51.4 Å². The van der Waals surface area contributed by atoms with Gasteiger partial charge in [0.1, 0.15) is 0 Å². The number of piperidine rings is 1. The van der Waals surface area contributed by atoms with Crippen molar-refractivity contribution in [3.8, 4) is 0 Å². The molecule has 3 saturated carbocycles. The number of nitrogens with one attached hydrogen (secondary N) is 1. The molecule has 4 rings (SSSR count). The van der Waals surface area contributed by atoms with E-state index in [-0.39, 0.29) is 29.9 Å². The summed E-state index contributed by atoms with van der Waals surface area (Å²) in [5, 5.41) is 13.5. The summed E-state index contributed by atoms with van der Waals surface area (Å²) in [6.07, 6.45) is 12.6. The quantitative estimate of drug-likeness (QED) is 0.573. The lowest BCUT2D eigenvalue weighted by Crippen LogP contribution is -2.65. The van der Waals surface area contributed by atoms with E-state index in [9.17, 15) is 9.90 Å². The fraction of sp³-hybridized carbons (Fsp3) is 0.963. The number of amides is 1. The molecule has 0 radical (unpaired) electrons. The Kier molecular flexibility index (Phi) is 6.34. The van der Waals surface area contributed by atoms with Gasteiger partial charge in [-0.3, -0.25) is 4.79 Å². The molecule has 4 fully saturated rings. The lowest BCUT2D eigenvalue weighted by molar-refractivity contribution is -0.153. The van der Waals surface area contributed by atoms with Gasteiger partial charge in [-0.2, -0.15) is 0 Å². The second-order valence-electron chi connectivity index (χ2n) is 12.6. The number of rotatable bonds is 6. The van der Waals surface area contributed by atoms with Crippen molar-refractivity contribution >= 4 is 5.91 Å². The second kappa shape index (κ2) is 8.41. The van der Waals surface area contributed by atoms with Crippen LogP contribution in [0.4, 0.5) is 0 Å². The van der Waals surface area contributed by atoms with E-state index in [0.29, 0.717) is 17.8 Å². The summed E-state index contributed by atoms with van der Waals surface area (Å²) in [6.45, 7) is 12.5. The SMILES string of the molecule is CC(C)CCC[C@@H](C)[C@H]1CC[C@H]2[C@@H]3CC[C@H]4NC(=O)CC(CO)[C@]4(C)[C@H]3CC[C@]12C. The van der Waals surface area contributed by atoms with Gasteiger partial charge in [-0.1, -0.05) is 53.9 Å². The van der Waals surface area contributed by atoms with E-state index in [1.54, 1.807) is 0 Å². The van der Waals surface area contributed by atoms with Crippen LogP contribution in [0.2, 0.25) is 0 Å². The molecule has 30 heavy (non-hydrogen) atoms. The Hall–Kier alpha value is -0.570. The molecule has 2 N–H and O–H groups in total. The predicted molar refractivity (Wildman–Crippen MR) is 123 cm³/mol. The molecule has 3 nitrogen and oxygen atoms in total. The smallest absolute Gasteiger partial charge is 0.220 e. The highest BCUT2D eigenvalue weighted by atomic mass is 16.3. The molecular weight excluding hydrogens is 370 g/mol. The van der Waals surface area contributed by atoms with E-state index >= 15 is 0 Å². The van der Waals surface area contributed by atoms with Crippen molar-refractivity contribution in [2.45, 2.75) is 105 Å². The molecule has 0 aromatic heterocycles. The van der Waals surface area contributed by atoms with E-state index in [2.05, 4.69) is 39.9 Å². The topological polar surface area (TPSA) is 49.3 Å². The third-order valence-corrected chi connectivity index (χ3v) is 10.8. The zero-order chi connectivity index (χ0) is 21.7. The Labute approximate surface area is 185 Å². The number of carbonyl (C=O) groups is 1. The van der Waals surface area contributed by atoms with Gasteiger partial charge in [0.05, 0.1) is 0 Å². The first-order valence-corrected chi connectivity index (χ1v) is 13.1. The number of carbonyl (C=O) groups excluding carboxylic acids is 1. The first-order valence-electron chi connectivity index (χ1n) is 13.1. The van der Waals surface area contributed by atoms with Gasteiger partial charge in [0.2, 0.25) is 5.91 Å². The lowest BCUT2D eigenvalue weighted by atomic mass is 9.44. The summed E-state index contributed by atoms with van der Waals surface area (Å²) < 4.78 is 0. The van der Waals surface area contributed by atoms with Crippen LogP contribution in [0.3, 0.4) is 0 Å². The molecule has 3 aliphatic carbocycles. The zero-order valence-corrected chi connectivity index (χ0v) is 20.3. The summed E-state index contributed by atoms with van der Waals surface area (Å²) in [5.74, 6) is 5.17. The van der Waals surface area contributed by atoms with E-state index in [0.717, 1.165) is 36.0 Å². The zero-order valence-electron chi connectivity index (χ0n) is 20.3. The number of hydrogen-bond acceptors (Lipinski definition) is 2. The molecule has 1 amide bonds. The summed E-state index contributed by atoms with van der Waals surface area (Å²) in [6, 6.07) is 0.272. The average molecular weight is 418 g/mol. The molecule has 1 heterocycles. The van der Waals surface area contributed by atoms with Crippen LogP contribution in [-0.4, -0.2) is 23.7 Å². The van der Waals surface area contributed by atoms with Crippen molar-refractivity contribution in [2.24, 2.45) is 52.3 Å². The highest BCUT2D eigenvalue weighted by molar-refractivity contribution is 5.78. The maximum absolute atomic E-state index is 12.2. The Morgan fingerprint density at radius 2 is 1.80 bits per heavy atom. The third kappa shape index (κ3) is 3.55. The van der Waals surface area contributed by atoms with E-state index in [1.807, 2.05) is 0 Å². The number of aliphatic hydroxyl groups is 1. The number of hydrogen-bond donors (Lipinski definition) is 2. The van der Waals surface area contributed by atoms with Gasteiger partial charge >= 0.3 is 0 Å². The molecule has 4 aliphatic rings. The molecule has 0 spiro atoms. The van der Waals surface area contributed by atoms with Crippen molar-refractivity contribution < 1.29 is 9.90 Å². The molecule has 0 aromatic carbocycles. The normalized spacial score (nSPS) is 46.7. The highest BCUT2D eigenvalue weighted by Gasteiger charge is 2.62. The Bertz CT molecular complexity index is 620. The maximum atomic E-state index is 12.2. The second-order valence-corrected chi connectivity index (χ2v) is 12.6. The van der Waals surface area contributed by atoms with Crippen molar-refractivity contribution in [1.29, 1.82) is 0 Å². The molecule has 9 atom stereocenters. The van der Waals surface area contributed by atoms with Crippen LogP contribution in [0.15, 0.2) is 0 Å². The fourth-order valence-corrected chi connectivity index (χ4v) is 9.19. The minimum absolute atomic E-state index is 0.0773. The fourth-order valence-electron chi connectivity index (χ4n) is 9.19. The molecule has 1 saturated heterocycles. The van der Waals surface area contributed by atoms with Gasteiger partial charge in [-0.15, -0.1) is 0 Å². The van der Waals surface area contributed by atoms with Crippen LogP contribution in [0.5, 0.6) is 0 Å². The van der Waals surface area contributed by atoms with Crippen LogP contribution in [0.1, 0.15) is 98.8 Å². The lowest BCUT2D eigenvalue weighted by Gasteiger charge is -2.62. The van der Waals surface area contributed by atoms with Crippen molar-refractivity contribution in [3.63, 3.8) is 0 Å². The van der Waals surface area contributed by atoms with Gasteiger partial charge in [-0.05, 0) is 90.8 Å². The Morgan fingerprint density at radius 1 is 1.03 bits per heavy atom. The monoisotopic (exact) mass is 417 g/mol. The summed E-state index contributed by atoms with van der Waals surface area (Å²) >= 11 is 0. The van der Waals surface area contributed by atoms with Gasteiger partial charge in [0.25, 0.3) is 0 Å². The Morgan fingerprint density at radius 3 is 2.50 bits per heavy atom. The van der Waals surface area contributed by atoms with Crippen LogP contribution in [0.25, 0.3) is 0 Å². The van der Waals surface area contributed by atoms with E-state index in [4.69, 9.17) is 0 Å². The van der Waals surface area contributed by atoms with Gasteiger partial charge in [-0.25, -0.2) is 0 Å². The third-order valence-electron chi connectivity index (χ3n) is 10.8. The number of aliphatic hydroxyl groups excluding tert-OH is 1. The van der Waals surface area contributed by atoms with Crippen LogP contribution in [-0.2, 0) is 4.79 Å². The summed E-state index contributed by atoms with van der Waals surface area (Å²) in [5.41, 5.74) is 0.585. The molecule has 0 bridgehead atoms. The van der Waals surface area contributed by atoms with Gasteiger partial charge < -0.3 is 10.4 Å². The molecule has 1 aliphatic heterocycles. The largest absolute Gasteiger partial charge is 0.396 e. The van der Waals surface area contributed by atoms with Crippen LogP contribution >= 0.6 is 0 Å². The Balaban J connectivity index is 1.51.